The van der Waals surface area contributed by atoms with Crippen molar-refractivity contribution in [2.75, 3.05) is 6.61 Å². The van der Waals surface area contributed by atoms with Gasteiger partial charge >= 0.3 is 0 Å². The second kappa shape index (κ2) is 6.80. The SMILES string of the molecule is NC(COc1ccccc1)Cc1c(Cl)cccc1Cl. The molecule has 0 amide bonds. The van der Waals surface area contributed by atoms with Gasteiger partial charge in [-0.15, -0.1) is 0 Å². The van der Waals surface area contributed by atoms with E-state index >= 15 is 0 Å². The van der Waals surface area contributed by atoms with Gasteiger partial charge in [-0.3, -0.25) is 0 Å². The molecular weight excluding hydrogens is 281 g/mol. The van der Waals surface area contributed by atoms with Crippen LogP contribution in [0, 0.1) is 0 Å². The molecule has 1 atom stereocenters. The molecule has 1 unspecified atom stereocenters. The van der Waals surface area contributed by atoms with Crippen LogP contribution in [0.5, 0.6) is 5.75 Å². The molecule has 0 saturated carbocycles. The van der Waals surface area contributed by atoms with Gasteiger partial charge in [-0.05, 0) is 36.2 Å². The van der Waals surface area contributed by atoms with Gasteiger partial charge < -0.3 is 10.5 Å². The first-order chi connectivity index (χ1) is 9.16. The molecule has 0 aromatic heterocycles. The molecule has 2 aromatic rings. The van der Waals surface area contributed by atoms with Crippen molar-refractivity contribution in [1.82, 2.24) is 0 Å². The summed E-state index contributed by atoms with van der Waals surface area (Å²) in [6, 6.07) is 14.9. The quantitative estimate of drug-likeness (QED) is 0.907. The summed E-state index contributed by atoms with van der Waals surface area (Å²) < 4.78 is 5.61. The number of benzene rings is 2. The lowest BCUT2D eigenvalue weighted by Gasteiger charge is -2.15. The second-order valence-electron chi connectivity index (χ2n) is 4.29. The van der Waals surface area contributed by atoms with Crippen LogP contribution in [-0.4, -0.2) is 12.6 Å². The van der Waals surface area contributed by atoms with E-state index in [-0.39, 0.29) is 6.04 Å². The van der Waals surface area contributed by atoms with Crippen LogP contribution in [0.3, 0.4) is 0 Å². The fraction of sp³-hybridized carbons (Fsp3) is 0.200. The molecule has 2 N–H and O–H groups in total. The first-order valence-electron chi connectivity index (χ1n) is 6.03. The molecule has 0 spiro atoms. The Kier molecular flexibility index (Phi) is 5.08. The molecule has 0 aliphatic carbocycles. The minimum Gasteiger partial charge on any atom is -0.492 e. The molecule has 19 heavy (non-hydrogen) atoms. The van der Waals surface area contributed by atoms with Gasteiger partial charge in [-0.25, -0.2) is 0 Å². The standard InChI is InChI=1S/C15H15Cl2NO/c16-14-7-4-8-15(17)13(14)9-11(18)10-19-12-5-2-1-3-6-12/h1-8,11H,9-10,18H2. The zero-order chi connectivity index (χ0) is 13.7. The van der Waals surface area contributed by atoms with Crippen molar-refractivity contribution in [2.24, 2.45) is 5.73 Å². The predicted molar refractivity (Wildman–Crippen MR) is 80.1 cm³/mol. The molecule has 0 aliphatic rings. The third-order valence-electron chi connectivity index (χ3n) is 2.74. The maximum Gasteiger partial charge on any atom is 0.119 e. The average molecular weight is 296 g/mol. The molecule has 0 saturated heterocycles. The summed E-state index contributed by atoms with van der Waals surface area (Å²) >= 11 is 12.2. The van der Waals surface area contributed by atoms with Gasteiger partial charge in [-0.2, -0.15) is 0 Å². The van der Waals surface area contributed by atoms with Crippen LogP contribution in [0.25, 0.3) is 0 Å². The number of ether oxygens (including phenoxy) is 1. The molecule has 0 radical (unpaired) electrons. The highest BCUT2D eigenvalue weighted by Gasteiger charge is 2.11. The smallest absolute Gasteiger partial charge is 0.119 e. The van der Waals surface area contributed by atoms with E-state index in [1.54, 1.807) is 0 Å². The maximum atomic E-state index is 6.11. The summed E-state index contributed by atoms with van der Waals surface area (Å²) in [7, 11) is 0. The molecule has 0 heterocycles. The number of nitrogens with two attached hydrogens (primary N) is 1. The molecule has 0 fully saturated rings. The van der Waals surface area contributed by atoms with Crippen LogP contribution >= 0.6 is 23.2 Å². The highest BCUT2D eigenvalue weighted by Crippen LogP contribution is 2.25. The van der Waals surface area contributed by atoms with Crippen molar-refractivity contribution in [3.63, 3.8) is 0 Å². The molecule has 2 aromatic carbocycles. The molecular formula is C15H15Cl2NO. The summed E-state index contributed by atoms with van der Waals surface area (Å²) in [6.45, 7) is 0.422. The Morgan fingerprint density at radius 1 is 0.947 bits per heavy atom. The van der Waals surface area contributed by atoms with Gasteiger partial charge in [0.1, 0.15) is 12.4 Å². The van der Waals surface area contributed by atoms with E-state index in [1.807, 2.05) is 48.5 Å². The number of para-hydroxylation sites is 1. The molecule has 0 bridgehead atoms. The first kappa shape index (κ1) is 14.2. The van der Waals surface area contributed by atoms with E-state index in [9.17, 15) is 0 Å². The highest BCUT2D eigenvalue weighted by molar-refractivity contribution is 6.35. The summed E-state index contributed by atoms with van der Waals surface area (Å²) in [6.07, 6.45) is 0.589. The average Bonchev–Trinajstić information content (AvgIpc) is 2.42. The number of halogens is 2. The third kappa shape index (κ3) is 4.13. The summed E-state index contributed by atoms with van der Waals surface area (Å²) in [4.78, 5) is 0. The zero-order valence-electron chi connectivity index (χ0n) is 10.4. The fourth-order valence-corrected chi connectivity index (χ4v) is 2.32. The molecule has 2 rings (SSSR count). The van der Waals surface area contributed by atoms with Crippen molar-refractivity contribution in [2.45, 2.75) is 12.5 Å². The number of hydrogen-bond donors (Lipinski definition) is 1. The van der Waals surface area contributed by atoms with Gasteiger partial charge in [0.25, 0.3) is 0 Å². The Labute approximate surface area is 123 Å². The minimum atomic E-state index is -0.155. The van der Waals surface area contributed by atoms with Crippen LogP contribution in [0.15, 0.2) is 48.5 Å². The first-order valence-corrected chi connectivity index (χ1v) is 6.78. The van der Waals surface area contributed by atoms with Gasteiger partial charge in [0, 0.05) is 16.1 Å². The van der Waals surface area contributed by atoms with Crippen LogP contribution in [0.2, 0.25) is 10.0 Å². The van der Waals surface area contributed by atoms with E-state index in [2.05, 4.69) is 0 Å². The Bertz CT molecular complexity index is 511. The lowest BCUT2D eigenvalue weighted by Crippen LogP contribution is -2.30. The highest BCUT2D eigenvalue weighted by atomic mass is 35.5. The van der Waals surface area contributed by atoms with E-state index < -0.39 is 0 Å². The Morgan fingerprint density at radius 3 is 2.21 bits per heavy atom. The monoisotopic (exact) mass is 295 g/mol. The van der Waals surface area contributed by atoms with Crippen molar-refractivity contribution < 1.29 is 4.74 Å². The third-order valence-corrected chi connectivity index (χ3v) is 3.44. The minimum absolute atomic E-state index is 0.155. The predicted octanol–water partition coefficient (Wildman–Crippen LogP) is 3.94. The summed E-state index contributed by atoms with van der Waals surface area (Å²) in [5.74, 6) is 0.809. The Morgan fingerprint density at radius 2 is 1.58 bits per heavy atom. The summed E-state index contributed by atoms with van der Waals surface area (Å²) in [5, 5.41) is 1.28. The largest absolute Gasteiger partial charge is 0.492 e. The molecule has 100 valence electrons. The van der Waals surface area contributed by atoms with Crippen LogP contribution in [-0.2, 0) is 6.42 Å². The second-order valence-corrected chi connectivity index (χ2v) is 5.10. The fourth-order valence-electron chi connectivity index (χ4n) is 1.77. The van der Waals surface area contributed by atoms with E-state index in [0.29, 0.717) is 23.1 Å². The topological polar surface area (TPSA) is 35.2 Å². The number of hydrogen-bond acceptors (Lipinski definition) is 2. The van der Waals surface area contributed by atoms with E-state index in [4.69, 9.17) is 33.7 Å². The van der Waals surface area contributed by atoms with E-state index in [1.165, 1.54) is 0 Å². The zero-order valence-corrected chi connectivity index (χ0v) is 11.9. The maximum absolute atomic E-state index is 6.11. The summed E-state index contributed by atoms with van der Waals surface area (Å²) in [5.41, 5.74) is 6.92. The Hall–Kier alpha value is -1.22. The van der Waals surface area contributed by atoms with Crippen LogP contribution in [0.1, 0.15) is 5.56 Å². The van der Waals surface area contributed by atoms with Crippen molar-refractivity contribution >= 4 is 23.2 Å². The van der Waals surface area contributed by atoms with Gasteiger partial charge in [0.2, 0.25) is 0 Å². The van der Waals surface area contributed by atoms with Gasteiger partial charge in [0.05, 0.1) is 0 Å². The van der Waals surface area contributed by atoms with Crippen LogP contribution in [0.4, 0.5) is 0 Å². The van der Waals surface area contributed by atoms with Crippen molar-refractivity contribution in [3.05, 3.63) is 64.1 Å². The van der Waals surface area contributed by atoms with E-state index in [0.717, 1.165) is 11.3 Å². The Balaban J connectivity index is 1.93. The molecule has 4 heteroatoms. The molecule has 0 aliphatic heterocycles. The normalized spacial score (nSPS) is 12.2. The number of rotatable bonds is 5. The van der Waals surface area contributed by atoms with Crippen molar-refractivity contribution in [1.29, 1.82) is 0 Å². The van der Waals surface area contributed by atoms with Crippen LogP contribution < -0.4 is 10.5 Å². The van der Waals surface area contributed by atoms with Gasteiger partial charge in [0.15, 0.2) is 0 Å². The lowest BCUT2D eigenvalue weighted by atomic mass is 10.1. The lowest BCUT2D eigenvalue weighted by molar-refractivity contribution is 0.287. The van der Waals surface area contributed by atoms with Crippen molar-refractivity contribution in [3.8, 4) is 5.75 Å². The van der Waals surface area contributed by atoms with Gasteiger partial charge in [-0.1, -0.05) is 47.5 Å². The molecule has 2 nitrogen and oxygen atoms in total.